The van der Waals surface area contributed by atoms with E-state index in [1.165, 1.54) is 18.2 Å². The number of rotatable bonds is 4. The molecule has 1 aromatic carbocycles. The molecule has 88 valence electrons. The Bertz CT molecular complexity index is 391. The summed E-state index contributed by atoms with van der Waals surface area (Å²) in [6.07, 6.45) is 0. The summed E-state index contributed by atoms with van der Waals surface area (Å²) >= 11 is 3.19. The number of Topliss-reactive ketones (excluding diaryl/α,β-unsaturated/α-hetero) is 1. The molecular weight excluding hydrogens is 275 g/mol. The fourth-order valence-electron chi connectivity index (χ4n) is 1.48. The van der Waals surface area contributed by atoms with E-state index in [0.29, 0.717) is 4.47 Å². The molecule has 0 bridgehead atoms. The van der Waals surface area contributed by atoms with E-state index in [0.717, 1.165) is 0 Å². The predicted molar refractivity (Wildman–Crippen MR) is 63.8 cm³/mol. The number of carbonyl (C=O) groups excluding carboxylic acids is 1. The standard InChI is InChI=1S/C12H14BrFO2/c1-7(2)10(6-15)12(16)9-5-8(13)3-4-11(9)14/h3-5,7,10,15H,6H2,1-2H3. The van der Waals surface area contributed by atoms with Crippen LogP contribution in [0.4, 0.5) is 4.39 Å². The zero-order valence-electron chi connectivity index (χ0n) is 9.21. The van der Waals surface area contributed by atoms with Gasteiger partial charge in [-0.3, -0.25) is 4.79 Å². The highest BCUT2D eigenvalue weighted by Gasteiger charge is 2.24. The first kappa shape index (κ1) is 13.3. The first-order valence-corrected chi connectivity index (χ1v) is 5.86. The van der Waals surface area contributed by atoms with Gasteiger partial charge in [-0.25, -0.2) is 4.39 Å². The molecule has 0 aliphatic rings. The van der Waals surface area contributed by atoms with Gasteiger partial charge in [0.15, 0.2) is 5.78 Å². The monoisotopic (exact) mass is 288 g/mol. The van der Waals surface area contributed by atoms with Crippen LogP contribution in [-0.2, 0) is 0 Å². The maximum atomic E-state index is 13.5. The molecule has 16 heavy (non-hydrogen) atoms. The van der Waals surface area contributed by atoms with Crippen molar-refractivity contribution in [2.24, 2.45) is 11.8 Å². The Kier molecular flexibility index (Phi) is 4.62. The zero-order valence-corrected chi connectivity index (χ0v) is 10.8. The molecule has 4 heteroatoms. The number of hydrogen-bond acceptors (Lipinski definition) is 2. The average molecular weight is 289 g/mol. The number of ketones is 1. The average Bonchev–Trinajstić information content (AvgIpc) is 2.22. The van der Waals surface area contributed by atoms with E-state index in [1.54, 1.807) is 0 Å². The minimum Gasteiger partial charge on any atom is -0.396 e. The van der Waals surface area contributed by atoms with Crippen LogP contribution in [0, 0.1) is 17.7 Å². The summed E-state index contributed by atoms with van der Waals surface area (Å²) in [5.74, 6) is -1.47. The Labute approximate surface area is 103 Å². The molecule has 1 aromatic rings. The maximum absolute atomic E-state index is 13.5. The zero-order chi connectivity index (χ0) is 12.3. The topological polar surface area (TPSA) is 37.3 Å². The number of hydrogen-bond donors (Lipinski definition) is 1. The van der Waals surface area contributed by atoms with Gasteiger partial charge in [-0.15, -0.1) is 0 Å². The largest absolute Gasteiger partial charge is 0.396 e. The molecule has 0 aromatic heterocycles. The second kappa shape index (κ2) is 5.55. The van der Waals surface area contributed by atoms with Crippen LogP contribution in [0.2, 0.25) is 0 Å². The molecule has 0 fully saturated rings. The number of aliphatic hydroxyl groups is 1. The van der Waals surface area contributed by atoms with Crippen molar-refractivity contribution < 1.29 is 14.3 Å². The summed E-state index contributed by atoms with van der Waals surface area (Å²) in [4.78, 5) is 12.0. The van der Waals surface area contributed by atoms with Gasteiger partial charge < -0.3 is 5.11 Å². The van der Waals surface area contributed by atoms with Gasteiger partial charge in [0.25, 0.3) is 0 Å². The van der Waals surface area contributed by atoms with Crippen molar-refractivity contribution in [2.75, 3.05) is 6.61 Å². The Morgan fingerprint density at radius 1 is 1.50 bits per heavy atom. The third kappa shape index (κ3) is 2.89. The highest BCUT2D eigenvalue weighted by atomic mass is 79.9. The van der Waals surface area contributed by atoms with E-state index in [1.807, 2.05) is 13.8 Å². The van der Waals surface area contributed by atoms with E-state index >= 15 is 0 Å². The van der Waals surface area contributed by atoms with Crippen LogP contribution in [0.5, 0.6) is 0 Å². The Hall–Kier alpha value is -0.740. The molecule has 0 heterocycles. The lowest BCUT2D eigenvalue weighted by atomic mass is 9.88. The van der Waals surface area contributed by atoms with Gasteiger partial charge in [0.1, 0.15) is 5.82 Å². The Morgan fingerprint density at radius 3 is 2.62 bits per heavy atom. The third-order valence-corrected chi connectivity index (χ3v) is 3.03. The molecule has 0 aliphatic heterocycles. The molecule has 0 spiro atoms. The van der Waals surface area contributed by atoms with Crippen molar-refractivity contribution in [2.45, 2.75) is 13.8 Å². The summed E-state index contributed by atoms with van der Waals surface area (Å²) < 4.78 is 14.1. The van der Waals surface area contributed by atoms with Crippen molar-refractivity contribution in [1.29, 1.82) is 0 Å². The van der Waals surface area contributed by atoms with Gasteiger partial charge in [0, 0.05) is 10.4 Å². The summed E-state index contributed by atoms with van der Waals surface area (Å²) in [7, 11) is 0. The molecule has 1 rings (SSSR count). The molecule has 0 amide bonds. The highest BCUT2D eigenvalue weighted by Crippen LogP contribution is 2.22. The van der Waals surface area contributed by atoms with Crippen LogP contribution >= 0.6 is 15.9 Å². The first-order chi connectivity index (χ1) is 7.47. The summed E-state index contributed by atoms with van der Waals surface area (Å²) in [5.41, 5.74) is 0.0297. The lowest BCUT2D eigenvalue weighted by molar-refractivity contribution is 0.0802. The van der Waals surface area contributed by atoms with Gasteiger partial charge in [-0.2, -0.15) is 0 Å². The van der Waals surface area contributed by atoms with E-state index in [2.05, 4.69) is 15.9 Å². The molecule has 0 aliphatic carbocycles. The molecule has 2 nitrogen and oxygen atoms in total. The minimum absolute atomic E-state index is 0.0177. The summed E-state index contributed by atoms with van der Waals surface area (Å²) in [5, 5.41) is 9.13. The molecule has 1 N–H and O–H groups in total. The number of aliphatic hydroxyl groups excluding tert-OH is 1. The van der Waals surface area contributed by atoms with Crippen molar-refractivity contribution >= 4 is 21.7 Å². The second-order valence-electron chi connectivity index (χ2n) is 4.02. The van der Waals surface area contributed by atoms with Crippen LogP contribution in [0.1, 0.15) is 24.2 Å². The van der Waals surface area contributed by atoms with Crippen LogP contribution in [0.15, 0.2) is 22.7 Å². The van der Waals surface area contributed by atoms with Crippen molar-refractivity contribution in [3.63, 3.8) is 0 Å². The van der Waals surface area contributed by atoms with Gasteiger partial charge in [0.05, 0.1) is 12.2 Å². The fraction of sp³-hybridized carbons (Fsp3) is 0.417. The van der Waals surface area contributed by atoms with Crippen molar-refractivity contribution in [3.8, 4) is 0 Å². The number of benzene rings is 1. The molecule has 1 unspecified atom stereocenters. The molecule has 0 saturated heterocycles. The highest BCUT2D eigenvalue weighted by molar-refractivity contribution is 9.10. The van der Waals surface area contributed by atoms with E-state index < -0.39 is 11.7 Å². The normalized spacial score (nSPS) is 12.9. The summed E-state index contributed by atoms with van der Waals surface area (Å²) in [6.45, 7) is 3.39. The first-order valence-electron chi connectivity index (χ1n) is 5.07. The van der Waals surface area contributed by atoms with E-state index in [-0.39, 0.29) is 23.9 Å². The van der Waals surface area contributed by atoms with Gasteiger partial charge in [0.2, 0.25) is 0 Å². The maximum Gasteiger partial charge on any atom is 0.171 e. The predicted octanol–water partition coefficient (Wildman–Crippen LogP) is 3.04. The molecule has 0 saturated carbocycles. The van der Waals surface area contributed by atoms with E-state index in [9.17, 15) is 9.18 Å². The van der Waals surface area contributed by atoms with Crippen LogP contribution in [-0.4, -0.2) is 17.5 Å². The third-order valence-electron chi connectivity index (χ3n) is 2.53. The Morgan fingerprint density at radius 2 is 2.12 bits per heavy atom. The second-order valence-corrected chi connectivity index (χ2v) is 4.94. The van der Waals surface area contributed by atoms with E-state index in [4.69, 9.17) is 5.11 Å². The number of halogens is 2. The fourth-order valence-corrected chi connectivity index (χ4v) is 1.84. The van der Waals surface area contributed by atoms with Crippen LogP contribution < -0.4 is 0 Å². The van der Waals surface area contributed by atoms with Crippen molar-refractivity contribution in [3.05, 3.63) is 34.1 Å². The number of carbonyl (C=O) groups is 1. The SMILES string of the molecule is CC(C)C(CO)C(=O)c1cc(Br)ccc1F. The van der Waals surface area contributed by atoms with Crippen molar-refractivity contribution in [1.82, 2.24) is 0 Å². The quantitative estimate of drug-likeness (QED) is 0.865. The lowest BCUT2D eigenvalue weighted by Gasteiger charge is -2.17. The van der Waals surface area contributed by atoms with Crippen LogP contribution in [0.25, 0.3) is 0 Å². The lowest BCUT2D eigenvalue weighted by Crippen LogP contribution is -2.24. The molecule has 1 atom stereocenters. The minimum atomic E-state index is -0.552. The molecule has 0 radical (unpaired) electrons. The van der Waals surface area contributed by atoms with Crippen LogP contribution in [0.3, 0.4) is 0 Å². The van der Waals surface area contributed by atoms with Gasteiger partial charge in [-0.1, -0.05) is 29.8 Å². The van der Waals surface area contributed by atoms with Gasteiger partial charge >= 0.3 is 0 Å². The van der Waals surface area contributed by atoms with Gasteiger partial charge in [-0.05, 0) is 24.1 Å². The smallest absolute Gasteiger partial charge is 0.171 e. The Balaban J connectivity index is 3.08. The molecular formula is C12H14BrFO2. The summed E-state index contributed by atoms with van der Waals surface area (Å²) in [6, 6.07) is 4.23.